The molecular formula is C50H52O12. The number of carboxylic acids is 6. The van der Waals surface area contributed by atoms with Crippen LogP contribution in [0.5, 0.6) is 0 Å². The first-order chi connectivity index (χ1) is 29.7. The number of fused-ring (bicyclic) bond motifs is 3. The molecule has 0 fully saturated rings. The first-order valence-electron chi connectivity index (χ1n) is 20.5. The van der Waals surface area contributed by atoms with Gasteiger partial charge in [0.15, 0.2) is 0 Å². The van der Waals surface area contributed by atoms with Crippen LogP contribution in [-0.4, -0.2) is 66.5 Å². The largest absolute Gasteiger partial charge is 0.481 e. The van der Waals surface area contributed by atoms with E-state index >= 15 is 0 Å². The number of aryl methyl sites for hydroxylation is 4. The normalized spacial score (nSPS) is 10.6. The number of carbonyl (C=O) groups is 6. The summed E-state index contributed by atoms with van der Waals surface area (Å²) < 4.78 is 0. The highest BCUT2D eigenvalue weighted by atomic mass is 16.4. The summed E-state index contributed by atoms with van der Waals surface area (Å²) in [5, 5.41) is 58.8. The Labute approximate surface area is 359 Å². The van der Waals surface area contributed by atoms with Gasteiger partial charge in [-0.3, -0.25) is 28.8 Å². The number of benzene rings is 6. The molecule has 6 aromatic carbocycles. The van der Waals surface area contributed by atoms with Crippen LogP contribution in [0.2, 0.25) is 0 Å². The summed E-state index contributed by atoms with van der Waals surface area (Å²) in [5.74, 6) is -4.90. The lowest BCUT2D eigenvalue weighted by molar-refractivity contribution is -0.138. The van der Waals surface area contributed by atoms with Gasteiger partial charge in [0.05, 0.1) is 12.8 Å². The minimum absolute atomic E-state index is 0.0616. The monoisotopic (exact) mass is 844 g/mol. The highest BCUT2D eigenvalue weighted by Gasteiger charge is 2.12. The summed E-state index contributed by atoms with van der Waals surface area (Å²) in [6, 6.07) is 34.7. The molecule has 6 rings (SSSR count). The van der Waals surface area contributed by atoms with Crippen molar-refractivity contribution in [1.82, 2.24) is 0 Å². The average molecular weight is 845 g/mol. The van der Waals surface area contributed by atoms with Crippen molar-refractivity contribution in [3.8, 4) is 0 Å². The molecule has 324 valence electrons. The van der Waals surface area contributed by atoms with Crippen LogP contribution in [0.15, 0.2) is 109 Å². The Morgan fingerprint density at radius 3 is 0.774 bits per heavy atom. The predicted octanol–water partition coefficient (Wildman–Crippen LogP) is 9.40. The molecule has 0 aliphatic heterocycles. The van der Waals surface area contributed by atoms with Gasteiger partial charge in [0, 0.05) is 25.7 Å². The van der Waals surface area contributed by atoms with E-state index in [1.807, 2.05) is 72.8 Å². The highest BCUT2D eigenvalue weighted by Crippen LogP contribution is 2.27. The van der Waals surface area contributed by atoms with Crippen LogP contribution in [-0.2, 0) is 67.3 Å². The standard InChI is InChI=1S/C20H24O4.C16H16O4.C14H12O4/c21-19(22)11-5-1-7-15-13-14-16(8-2-6-12-20(23)24)18-10-4-3-9-17(15)18;17-15(18)9-7-11-5-6-12(8-10-16(19)20)14-4-2-1-3-13(11)14;15-13(16)7-9-5-6-10(8-14(17)18)12-4-2-1-3-11(9)12/h3-4,9-10,13-14H,1-2,5-8,11-12H2,(H,21,22)(H,23,24);1-6H,7-10H2,(H,17,18)(H,19,20);1-6H,7-8H2,(H,15,16)(H,17,18). The van der Waals surface area contributed by atoms with Crippen molar-refractivity contribution < 1.29 is 59.4 Å². The maximum absolute atomic E-state index is 10.8. The van der Waals surface area contributed by atoms with E-state index in [1.54, 1.807) is 12.1 Å². The summed E-state index contributed by atoms with van der Waals surface area (Å²) in [4.78, 5) is 64.1. The number of unbranched alkanes of at least 4 members (excludes halogenated alkanes) is 2. The molecule has 6 N–H and O–H groups in total. The van der Waals surface area contributed by atoms with Gasteiger partial charge in [-0.2, -0.15) is 0 Å². The molecule has 0 saturated heterocycles. The van der Waals surface area contributed by atoms with Crippen LogP contribution < -0.4 is 0 Å². The van der Waals surface area contributed by atoms with E-state index in [9.17, 15) is 28.8 Å². The van der Waals surface area contributed by atoms with E-state index < -0.39 is 35.8 Å². The van der Waals surface area contributed by atoms with Gasteiger partial charge in [-0.25, -0.2) is 0 Å². The molecule has 0 heterocycles. The van der Waals surface area contributed by atoms with Gasteiger partial charge in [0.25, 0.3) is 0 Å². The Hall–Kier alpha value is -7.08. The van der Waals surface area contributed by atoms with Crippen molar-refractivity contribution in [2.75, 3.05) is 0 Å². The van der Waals surface area contributed by atoms with Crippen LogP contribution in [0.3, 0.4) is 0 Å². The van der Waals surface area contributed by atoms with Gasteiger partial charge < -0.3 is 30.6 Å². The first kappa shape index (κ1) is 47.6. The molecule has 0 bridgehead atoms. The van der Waals surface area contributed by atoms with Crippen molar-refractivity contribution >= 4 is 68.1 Å². The number of hydrogen-bond acceptors (Lipinski definition) is 6. The highest BCUT2D eigenvalue weighted by molar-refractivity contribution is 5.93. The van der Waals surface area contributed by atoms with Crippen molar-refractivity contribution in [3.63, 3.8) is 0 Å². The average Bonchev–Trinajstić information content (AvgIpc) is 3.23. The Bertz CT molecular complexity index is 2350. The third-order valence-electron chi connectivity index (χ3n) is 10.4. The van der Waals surface area contributed by atoms with E-state index in [2.05, 4.69) is 24.3 Å². The van der Waals surface area contributed by atoms with Gasteiger partial charge in [-0.15, -0.1) is 0 Å². The Morgan fingerprint density at radius 2 is 0.516 bits per heavy atom. The van der Waals surface area contributed by atoms with Crippen LogP contribution in [0.25, 0.3) is 32.3 Å². The van der Waals surface area contributed by atoms with Gasteiger partial charge in [0.1, 0.15) is 0 Å². The summed E-state index contributed by atoms with van der Waals surface area (Å²) in [7, 11) is 0. The quantitative estimate of drug-likeness (QED) is 0.0396. The fourth-order valence-electron chi connectivity index (χ4n) is 7.44. The lowest BCUT2D eigenvalue weighted by Crippen LogP contribution is -2.04. The van der Waals surface area contributed by atoms with Crippen molar-refractivity contribution in [1.29, 1.82) is 0 Å². The Morgan fingerprint density at radius 1 is 0.274 bits per heavy atom. The minimum atomic E-state index is -0.897. The minimum Gasteiger partial charge on any atom is -0.481 e. The van der Waals surface area contributed by atoms with E-state index in [0.29, 0.717) is 36.8 Å². The third-order valence-corrected chi connectivity index (χ3v) is 10.4. The zero-order valence-corrected chi connectivity index (χ0v) is 34.4. The Kier molecular flexibility index (Phi) is 18.6. The molecule has 0 aliphatic carbocycles. The zero-order valence-electron chi connectivity index (χ0n) is 34.4. The van der Waals surface area contributed by atoms with Crippen LogP contribution in [0.4, 0.5) is 0 Å². The molecule has 6 aromatic rings. The molecule has 0 aromatic heterocycles. The Balaban J connectivity index is 0.000000207. The van der Waals surface area contributed by atoms with Gasteiger partial charge in [-0.1, -0.05) is 109 Å². The van der Waals surface area contributed by atoms with Gasteiger partial charge in [-0.05, 0) is 117 Å². The first-order valence-corrected chi connectivity index (χ1v) is 20.5. The fourth-order valence-corrected chi connectivity index (χ4v) is 7.44. The van der Waals surface area contributed by atoms with Gasteiger partial charge in [0.2, 0.25) is 0 Å². The molecular weight excluding hydrogens is 793 g/mol. The van der Waals surface area contributed by atoms with Crippen molar-refractivity contribution in [3.05, 3.63) is 143 Å². The zero-order chi connectivity index (χ0) is 45.0. The van der Waals surface area contributed by atoms with Crippen molar-refractivity contribution in [2.45, 2.75) is 89.9 Å². The lowest BCUT2D eigenvalue weighted by Gasteiger charge is -2.11. The van der Waals surface area contributed by atoms with Crippen LogP contribution >= 0.6 is 0 Å². The summed E-state index contributed by atoms with van der Waals surface area (Å²) in [5.41, 5.74) is 5.89. The molecule has 0 atom stereocenters. The molecule has 62 heavy (non-hydrogen) atoms. The SMILES string of the molecule is O=C(O)CCCCc1ccc(CCCCC(=O)O)c2ccccc12.O=C(O)CCc1ccc(CCC(=O)O)c2ccccc12.O=C(O)Cc1ccc(CC(=O)O)c2ccccc12. The smallest absolute Gasteiger partial charge is 0.307 e. The molecule has 0 radical (unpaired) electrons. The molecule has 12 nitrogen and oxygen atoms in total. The number of aliphatic carboxylic acids is 6. The number of rotatable bonds is 20. The second kappa shape index (κ2) is 24.2. The molecule has 0 saturated carbocycles. The number of carboxylic acid groups (broad SMARTS) is 6. The number of hydrogen-bond donors (Lipinski definition) is 6. The maximum atomic E-state index is 10.8. The van der Waals surface area contributed by atoms with E-state index in [4.69, 9.17) is 30.6 Å². The molecule has 0 spiro atoms. The van der Waals surface area contributed by atoms with Crippen LogP contribution in [0, 0.1) is 0 Å². The predicted molar refractivity (Wildman–Crippen MR) is 237 cm³/mol. The molecule has 0 amide bonds. The summed E-state index contributed by atoms with van der Waals surface area (Å²) in [6.07, 6.45) is 6.37. The summed E-state index contributed by atoms with van der Waals surface area (Å²) >= 11 is 0. The van der Waals surface area contributed by atoms with E-state index in [0.717, 1.165) is 58.4 Å². The third kappa shape index (κ3) is 15.2. The molecule has 0 aliphatic rings. The maximum Gasteiger partial charge on any atom is 0.307 e. The molecule has 0 unspecified atom stereocenters. The fraction of sp³-hybridized carbons (Fsp3) is 0.280. The van der Waals surface area contributed by atoms with Crippen LogP contribution in [0.1, 0.15) is 84.7 Å². The van der Waals surface area contributed by atoms with E-state index in [-0.39, 0.29) is 38.5 Å². The van der Waals surface area contributed by atoms with Gasteiger partial charge >= 0.3 is 35.8 Å². The topological polar surface area (TPSA) is 224 Å². The summed E-state index contributed by atoms with van der Waals surface area (Å²) in [6.45, 7) is 0. The second-order valence-electron chi connectivity index (χ2n) is 14.9. The lowest BCUT2D eigenvalue weighted by atomic mass is 9.94. The van der Waals surface area contributed by atoms with Crippen molar-refractivity contribution in [2.24, 2.45) is 0 Å². The van der Waals surface area contributed by atoms with E-state index in [1.165, 1.54) is 21.9 Å². The molecule has 12 heteroatoms. The second-order valence-corrected chi connectivity index (χ2v) is 14.9.